The first-order chi connectivity index (χ1) is 8.99. The lowest BCUT2D eigenvalue weighted by Crippen LogP contribution is -2.26. The van der Waals surface area contributed by atoms with Crippen LogP contribution < -0.4 is 5.73 Å². The van der Waals surface area contributed by atoms with Gasteiger partial charge in [-0.05, 0) is 37.7 Å². The van der Waals surface area contributed by atoms with Crippen molar-refractivity contribution in [2.24, 2.45) is 5.73 Å². The van der Waals surface area contributed by atoms with Crippen molar-refractivity contribution in [3.63, 3.8) is 0 Å². The lowest BCUT2D eigenvalue weighted by molar-refractivity contribution is 0.346. The highest BCUT2D eigenvalue weighted by molar-refractivity contribution is 7.91. The molecule has 0 bridgehead atoms. The lowest BCUT2D eigenvalue weighted by atomic mass is 10.2. The monoisotopic (exact) mass is 284 g/mol. The summed E-state index contributed by atoms with van der Waals surface area (Å²) in [5, 5.41) is 0. The largest absolute Gasteiger partial charge is 0.326 e. The van der Waals surface area contributed by atoms with Gasteiger partial charge in [0, 0.05) is 13.1 Å². The van der Waals surface area contributed by atoms with Gasteiger partial charge in [-0.25, -0.2) is 8.42 Å². The van der Waals surface area contributed by atoms with Crippen LogP contribution in [-0.4, -0.2) is 39.2 Å². The molecule has 2 N–H and O–H groups in total. The predicted octanol–water partition coefficient (Wildman–Crippen LogP) is 1.65. The molecule has 0 unspecified atom stereocenters. The first-order valence-electron chi connectivity index (χ1n) is 6.70. The summed E-state index contributed by atoms with van der Waals surface area (Å²) >= 11 is 0. The number of benzene rings is 1. The van der Waals surface area contributed by atoms with Crippen molar-refractivity contribution in [2.75, 3.05) is 25.9 Å². The highest BCUT2D eigenvalue weighted by Crippen LogP contribution is 2.13. The maximum absolute atomic E-state index is 12.2. The highest BCUT2D eigenvalue weighted by Gasteiger charge is 2.15. The number of unbranched alkanes of at least 4 members (excludes halogenated alkanes) is 1. The van der Waals surface area contributed by atoms with E-state index in [9.17, 15) is 8.42 Å². The SMILES string of the molecule is CCCCN(C)CCS(=O)(=O)c1cccc(CN)c1. The minimum absolute atomic E-state index is 0.154. The summed E-state index contributed by atoms with van der Waals surface area (Å²) in [6, 6.07) is 6.89. The quantitative estimate of drug-likeness (QED) is 0.788. The molecule has 0 radical (unpaired) electrons. The number of rotatable bonds is 8. The molecule has 1 aromatic rings. The third kappa shape index (κ3) is 5.30. The third-order valence-corrected chi connectivity index (χ3v) is 4.82. The molecule has 0 saturated carbocycles. The van der Waals surface area contributed by atoms with Crippen LogP contribution in [0.2, 0.25) is 0 Å². The molecule has 4 nitrogen and oxygen atoms in total. The lowest BCUT2D eigenvalue weighted by Gasteiger charge is -2.16. The molecular formula is C14H24N2O2S. The normalized spacial score (nSPS) is 12.0. The first-order valence-corrected chi connectivity index (χ1v) is 8.35. The summed E-state index contributed by atoms with van der Waals surface area (Å²) in [5.74, 6) is 0.154. The van der Waals surface area contributed by atoms with E-state index >= 15 is 0 Å². The van der Waals surface area contributed by atoms with Crippen molar-refractivity contribution in [1.29, 1.82) is 0 Å². The second kappa shape index (κ2) is 7.62. The number of nitrogens with two attached hydrogens (primary N) is 1. The Hall–Kier alpha value is -0.910. The van der Waals surface area contributed by atoms with Crippen LogP contribution in [0.3, 0.4) is 0 Å². The van der Waals surface area contributed by atoms with Crippen LogP contribution in [0.1, 0.15) is 25.3 Å². The van der Waals surface area contributed by atoms with E-state index in [0.29, 0.717) is 18.0 Å². The van der Waals surface area contributed by atoms with E-state index in [1.54, 1.807) is 18.2 Å². The zero-order valence-corrected chi connectivity index (χ0v) is 12.6. The molecule has 0 aliphatic heterocycles. The molecule has 0 saturated heterocycles. The maximum atomic E-state index is 12.2. The van der Waals surface area contributed by atoms with Crippen molar-refractivity contribution in [1.82, 2.24) is 4.90 Å². The fraction of sp³-hybridized carbons (Fsp3) is 0.571. The zero-order chi connectivity index (χ0) is 14.3. The molecule has 5 heteroatoms. The molecule has 0 fully saturated rings. The van der Waals surface area contributed by atoms with E-state index in [4.69, 9.17) is 5.73 Å². The fourth-order valence-electron chi connectivity index (χ4n) is 1.80. The molecule has 1 aromatic carbocycles. The van der Waals surface area contributed by atoms with Gasteiger partial charge in [-0.15, -0.1) is 0 Å². The van der Waals surface area contributed by atoms with Crippen LogP contribution in [0.15, 0.2) is 29.2 Å². The van der Waals surface area contributed by atoms with Crippen molar-refractivity contribution in [3.8, 4) is 0 Å². The number of nitrogens with zero attached hydrogens (tertiary/aromatic N) is 1. The molecule has 108 valence electrons. The van der Waals surface area contributed by atoms with Gasteiger partial charge in [0.2, 0.25) is 0 Å². The highest BCUT2D eigenvalue weighted by atomic mass is 32.2. The minimum Gasteiger partial charge on any atom is -0.326 e. The number of hydrogen-bond acceptors (Lipinski definition) is 4. The molecule has 0 atom stereocenters. The predicted molar refractivity (Wildman–Crippen MR) is 78.8 cm³/mol. The summed E-state index contributed by atoms with van der Waals surface area (Å²) in [6.45, 7) is 3.99. The average molecular weight is 284 g/mol. The summed E-state index contributed by atoms with van der Waals surface area (Å²) in [4.78, 5) is 2.44. The summed E-state index contributed by atoms with van der Waals surface area (Å²) < 4.78 is 24.4. The van der Waals surface area contributed by atoms with Crippen LogP contribution in [0.5, 0.6) is 0 Å². The summed E-state index contributed by atoms with van der Waals surface area (Å²) in [7, 11) is -1.25. The van der Waals surface area contributed by atoms with E-state index in [0.717, 1.165) is 24.9 Å². The molecule has 19 heavy (non-hydrogen) atoms. The Balaban J connectivity index is 2.65. The van der Waals surface area contributed by atoms with Gasteiger partial charge < -0.3 is 10.6 Å². The Morgan fingerprint density at radius 1 is 1.26 bits per heavy atom. The van der Waals surface area contributed by atoms with Crippen LogP contribution in [0.25, 0.3) is 0 Å². The van der Waals surface area contributed by atoms with Crippen LogP contribution in [-0.2, 0) is 16.4 Å². The topological polar surface area (TPSA) is 63.4 Å². The Bertz CT molecular complexity index is 486. The van der Waals surface area contributed by atoms with Gasteiger partial charge in [0.1, 0.15) is 0 Å². The summed E-state index contributed by atoms with van der Waals surface area (Å²) in [5.41, 5.74) is 6.38. The van der Waals surface area contributed by atoms with E-state index in [-0.39, 0.29) is 5.75 Å². The van der Waals surface area contributed by atoms with Gasteiger partial charge in [-0.1, -0.05) is 25.5 Å². The van der Waals surface area contributed by atoms with Crippen molar-refractivity contribution < 1.29 is 8.42 Å². The number of hydrogen-bond donors (Lipinski definition) is 1. The van der Waals surface area contributed by atoms with Gasteiger partial charge in [0.25, 0.3) is 0 Å². The van der Waals surface area contributed by atoms with Gasteiger partial charge >= 0.3 is 0 Å². The van der Waals surface area contributed by atoms with E-state index in [2.05, 4.69) is 11.8 Å². The van der Waals surface area contributed by atoms with Crippen molar-refractivity contribution in [3.05, 3.63) is 29.8 Å². The Kier molecular flexibility index (Phi) is 6.48. The van der Waals surface area contributed by atoms with Crippen LogP contribution in [0.4, 0.5) is 0 Å². The van der Waals surface area contributed by atoms with Crippen molar-refractivity contribution in [2.45, 2.75) is 31.2 Å². The molecular weight excluding hydrogens is 260 g/mol. The first kappa shape index (κ1) is 16.1. The third-order valence-electron chi connectivity index (χ3n) is 3.13. The van der Waals surface area contributed by atoms with Gasteiger partial charge in [-0.2, -0.15) is 0 Å². The molecule has 0 amide bonds. The Labute approximate surface area is 116 Å². The van der Waals surface area contributed by atoms with Crippen LogP contribution >= 0.6 is 0 Å². The minimum atomic E-state index is -3.21. The zero-order valence-electron chi connectivity index (χ0n) is 11.8. The van der Waals surface area contributed by atoms with Crippen LogP contribution in [0, 0.1) is 0 Å². The number of sulfone groups is 1. The van der Waals surface area contributed by atoms with Gasteiger partial charge in [-0.3, -0.25) is 0 Å². The molecule has 0 aliphatic rings. The molecule has 0 spiro atoms. The second-order valence-corrected chi connectivity index (χ2v) is 6.94. The summed E-state index contributed by atoms with van der Waals surface area (Å²) in [6.07, 6.45) is 2.22. The van der Waals surface area contributed by atoms with E-state index in [1.807, 2.05) is 13.1 Å². The fourth-order valence-corrected chi connectivity index (χ4v) is 3.20. The smallest absolute Gasteiger partial charge is 0.179 e. The maximum Gasteiger partial charge on any atom is 0.179 e. The van der Waals surface area contributed by atoms with E-state index < -0.39 is 9.84 Å². The van der Waals surface area contributed by atoms with Gasteiger partial charge in [0.15, 0.2) is 9.84 Å². The molecule has 0 heterocycles. The van der Waals surface area contributed by atoms with Gasteiger partial charge in [0.05, 0.1) is 10.6 Å². The average Bonchev–Trinajstić information content (AvgIpc) is 2.43. The van der Waals surface area contributed by atoms with E-state index in [1.165, 1.54) is 0 Å². The Morgan fingerprint density at radius 3 is 2.63 bits per heavy atom. The molecule has 0 aliphatic carbocycles. The molecule has 0 aromatic heterocycles. The molecule has 1 rings (SSSR count). The van der Waals surface area contributed by atoms with Crippen molar-refractivity contribution >= 4 is 9.84 Å². The second-order valence-electron chi connectivity index (χ2n) is 4.83. The Morgan fingerprint density at radius 2 is 2.00 bits per heavy atom. The standard InChI is InChI=1S/C14H24N2O2S/c1-3-4-8-16(2)9-10-19(17,18)14-7-5-6-13(11-14)12-15/h5-7,11H,3-4,8-10,12,15H2,1-2H3.